The van der Waals surface area contributed by atoms with Gasteiger partial charge in [-0.2, -0.15) is 5.26 Å². The Morgan fingerprint density at radius 1 is 1.36 bits per heavy atom. The number of halogens is 3. The summed E-state index contributed by atoms with van der Waals surface area (Å²) in [7, 11) is 0. The molecule has 0 aromatic heterocycles. The minimum Gasteiger partial charge on any atom is -0.612 e. The number of nitriles is 1. The number of ether oxygens (including phenoxy) is 1. The van der Waals surface area contributed by atoms with E-state index >= 15 is 0 Å². The Bertz CT molecular complexity index is 880. The van der Waals surface area contributed by atoms with Gasteiger partial charge in [0.05, 0.1) is 11.6 Å². The molecule has 0 spiro atoms. The van der Waals surface area contributed by atoms with E-state index in [1.165, 1.54) is 24.5 Å². The largest absolute Gasteiger partial charge is 0.612 e. The van der Waals surface area contributed by atoms with Crippen LogP contribution < -0.4 is 4.74 Å². The number of aliphatic hydroxyl groups is 1. The van der Waals surface area contributed by atoms with E-state index in [1.54, 1.807) is 6.07 Å². The molecular weight excluding hydrogens is 355 g/mol. The molecule has 0 bridgehead atoms. The van der Waals surface area contributed by atoms with Crippen LogP contribution in [-0.4, -0.2) is 21.8 Å². The molecule has 0 radical (unpaired) electrons. The summed E-state index contributed by atoms with van der Waals surface area (Å²) < 4.78 is 58.7. The van der Waals surface area contributed by atoms with E-state index in [9.17, 15) is 22.8 Å². The van der Waals surface area contributed by atoms with Crippen molar-refractivity contribution in [2.24, 2.45) is 0 Å². The van der Waals surface area contributed by atoms with Crippen molar-refractivity contribution in [3.63, 3.8) is 0 Å². The quantitative estimate of drug-likeness (QED) is 0.843. The number of hydrogen-bond donors (Lipinski definition) is 1. The molecule has 1 aliphatic carbocycles. The molecule has 2 aromatic carbocycles. The highest BCUT2D eigenvalue weighted by molar-refractivity contribution is 7.90. The van der Waals surface area contributed by atoms with Crippen LogP contribution in [0, 0.1) is 17.1 Å². The van der Waals surface area contributed by atoms with Crippen molar-refractivity contribution in [3.8, 4) is 17.6 Å². The highest BCUT2D eigenvalue weighted by Gasteiger charge is 2.50. The summed E-state index contributed by atoms with van der Waals surface area (Å²) in [6.07, 6.45) is -1.55. The molecule has 0 fully saturated rings. The minimum absolute atomic E-state index is 0.00471. The summed E-state index contributed by atoms with van der Waals surface area (Å²) in [5, 5.41) is 18.8. The number of hydrogen-bond acceptors (Lipinski definition) is 4. The number of nitrogens with zero attached hydrogens (tertiary/aromatic N) is 1. The molecule has 130 valence electrons. The Morgan fingerprint density at radius 2 is 2.08 bits per heavy atom. The Kier molecular flexibility index (Phi) is 4.41. The van der Waals surface area contributed by atoms with Crippen molar-refractivity contribution in [2.75, 3.05) is 6.26 Å². The summed E-state index contributed by atoms with van der Waals surface area (Å²) in [6, 6.07) is 7.75. The van der Waals surface area contributed by atoms with E-state index in [-0.39, 0.29) is 33.1 Å². The summed E-state index contributed by atoms with van der Waals surface area (Å²) in [5.74, 6) is -4.17. The lowest BCUT2D eigenvalue weighted by atomic mass is 10.1. The van der Waals surface area contributed by atoms with Gasteiger partial charge in [0.1, 0.15) is 29.7 Å². The molecule has 8 heteroatoms. The van der Waals surface area contributed by atoms with Crippen LogP contribution in [0.15, 0.2) is 35.2 Å². The highest BCUT2D eigenvalue weighted by Crippen LogP contribution is 2.49. The van der Waals surface area contributed by atoms with Crippen LogP contribution >= 0.6 is 0 Å². The standard InChI is InChI=1S/C17H12F3NO3S/c1-25(23)14-3-2-13(12-7-17(19,20)16(22)15(12)14)24-11-5-9(8-21)4-10(18)6-11/h2-6,16,22H,7H2,1H3/t16-,25?/m0/s1. The third-order valence-electron chi connectivity index (χ3n) is 3.90. The van der Waals surface area contributed by atoms with Gasteiger partial charge in [-0.05, 0) is 35.4 Å². The first-order valence-corrected chi connectivity index (χ1v) is 8.72. The zero-order valence-corrected chi connectivity index (χ0v) is 13.7. The molecule has 1 unspecified atom stereocenters. The van der Waals surface area contributed by atoms with Gasteiger partial charge in [-0.1, -0.05) is 0 Å². The van der Waals surface area contributed by atoms with Gasteiger partial charge >= 0.3 is 0 Å². The van der Waals surface area contributed by atoms with Crippen LogP contribution in [0.4, 0.5) is 13.2 Å². The van der Waals surface area contributed by atoms with Crippen LogP contribution in [0.1, 0.15) is 22.8 Å². The molecule has 0 saturated heterocycles. The average Bonchev–Trinajstić information content (AvgIpc) is 2.78. The topological polar surface area (TPSA) is 76.3 Å². The van der Waals surface area contributed by atoms with Gasteiger partial charge in [0.2, 0.25) is 0 Å². The molecule has 0 heterocycles. The van der Waals surface area contributed by atoms with E-state index in [1.807, 2.05) is 0 Å². The Hall–Kier alpha value is -2.21. The molecule has 3 rings (SSSR count). The normalized spacial score (nSPS) is 19.2. The smallest absolute Gasteiger partial charge is 0.281 e. The number of benzene rings is 2. The van der Waals surface area contributed by atoms with E-state index in [4.69, 9.17) is 10.00 Å². The molecule has 0 amide bonds. The number of aliphatic hydroxyl groups excluding tert-OH is 1. The fourth-order valence-electron chi connectivity index (χ4n) is 2.81. The maximum Gasteiger partial charge on any atom is 0.281 e. The van der Waals surface area contributed by atoms with Crippen molar-refractivity contribution in [1.29, 1.82) is 5.26 Å². The first-order chi connectivity index (χ1) is 11.7. The van der Waals surface area contributed by atoms with Gasteiger partial charge in [0, 0.05) is 23.6 Å². The van der Waals surface area contributed by atoms with E-state index in [0.717, 1.165) is 12.1 Å². The van der Waals surface area contributed by atoms with Crippen LogP contribution in [0.5, 0.6) is 11.5 Å². The van der Waals surface area contributed by atoms with E-state index < -0.39 is 35.4 Å². The summed E-state index contributed by atoms with van der Waals surface area (Å²) in [5.41, 5.74) is -0.0866. The van der Waals surface area contributed by atoms with E-state index in [0.29, 0.717) is 0 Å². The summed E-state index contributed by atoms with van der Waals surface area (Å²) in [4.78, 5) is 0.101. The lowest BCUT2D eigenvalue weighted by Crippen LogP contribution is -2.22. The van der Waals surface area contributed by atoms with Gasteiger partial charge in [0.25, 0.3) is 5.92 Å². The highest BCUT2D eigenvalue weighted by atomic mass is 32.2. The number of fused-ring (bicyclic) bond motifs is 1. The monoisotopic (exact) mass is 367 g/mol. The fraction of sp³-hybridized carbons (Fsp3) is 0.235. The fourth-order valence-corrected chi connectivity index (χ4v) is 3.61. The Balaban J connectivity index is 2.08. The van der Waals surface area contributed by atoms with E-state index in [2.05, 4.69) is 0 Å². The SMILES string of the molecule is C[S+]([O-])c1ccc(Oc2cc(F)cc(C#N)c2)c2c1[C@H](O)C(F)(F)C2. The zero-order valence-electron chi connectivity index (χ0n) is 12.9. The van der Waals surface area contributed by atoms with Crippen molar-refractivity contribution in [2.45, 2.75) is 23.3 Å². The van der Waals surface area contributed by atoms with Crippen molar-refractivity contribution >= 4 is 11.2 Å². The zero-order chi connectivity index (χ0) is 18.4. The van der Waals surface area contributed by atoms with Gasteiger partial charge in [-0.25, -0.2) is 13.2 Å². The average molecular weight is 367 g/mol. The van der Waals surface area contributed by atoms with Crippen LogP contribution in [0.3, 0.4) is 0 Å². The summed E-state index contributed by atoms with van der Waals surface area (Å²) >= 11 is -1.58. The Labute approximate surface area is 144 Å². The van der Waals surface area contributed by atoms with Crippen molar-refractivity contribution < 1.29 is 27.6 Å². The Morgan fingerprint density at radius 3 is 2.72 bits per heavy atom. The maximum atomic E-state index is 14.0. The molecule has 2 atom stereocenters. The van der Waals surface area contributed by atoms with Crippen LogP contribution in [0.25, 0.3) is 0 Å². The van der Waals surface area contributed by atoms with Crippen LogP contribution in [-0.2, 0) is 17.6 Å². The molecule has 2 aromatic rings. The lowest BCUT2D eigenvalue weighted by molar-refractivity contribution is -0.0976. The number of rotatable bonds is 3. The third kappa shape index (κ3) is 3.18. The minimum atomic E-state index is -3.42. The van der Waals surface area contributed by atoms with Gasteiger partial charge in [0.15, 0.2) is 4.90 Å². The molecular formula is C17H12F3NO3S. The maximum absolute atomic E-state index is 14.0. The molecule has 1 aliphatic rings. The predicted octanol–water partition coefficient (Wildman–Crippen LogP) is 3.45. The molecule has 0 aliphatic heterocycles. The van der Waals surface area contributed by atoms with Crippen LogP contribution in [0.2, 0.25) is 0 Å². The lowest BCUT2D eigenvalue weighted by Gasteiger charge is -2.16. The van der Waals surface area contributed by atoms with Crippen molar-refractivity contribution in [1.82, 2.24) is 0 Å². The first kappa shape index (κ1) is 17.6. The van der Waals surface area contributed by atoms with Crippen molar-refractivity contribution in [3.05, 3.63) is 52.8 Å². The second-order valence-corrected chi connectivity index (χ2v) is 6.99. The molecule has 25 heavy (non-hydrogen) atoms. The predicted molar refractivity (Wildman–Crippen MR) is 83.6 cm³/mol. The number of alkyl halides is 2. The molecule has 4 nitrogen and oxygen atoms in total. The second kappa shape index (κ2) is 6.26. The third-order valence-corrected chi connectivity index (χ3v) is 4.87. The molecule has 1 N–H and O–H groups in total. The van der Waals surface area contributed by atoms with Gasteiger partial charge < -0.3 is 14.4 Å². The van der Waals surface area contributed by atoms with Gasteiger partial charge in [-0.3, -0.25) is 0 Å². The first-order valence-electron chi connectivity index (χ1n) is 7.16. The molecule has 0 saturated carbocycles. The van der Waals surface area contributed by atoms with Gasteiger partial charge in [-0.15, -0.1) is 0 Å². The second-order valence-electron chi connectivity index (χ2n) is 5.64. The summed E-state index contributed by atoms with van der Waals surface area (Å²) in [6.45, 7) is 0.